The number of nitrogens with one attached hydrogen (secondary N) is 1. The van der Waals surface area contributed by atoms with Crippen LogP contribution in [0.5, 0.6) is 5.75 Å². The molecule has 0 aromatic heterocycles. The lowest BCUT2D eigenvalue weighted by Crippen LogP contribution is -2.13. The van der Waals surface area contributed by atoms with Crippen molar-refractivity contribution in [2.75, 3.05) is 12.4 Å². The van der Waals surface area contributed by atoms with Gasteiger partial charge in [0.1, 0.15) is 5.75 Å². The Morgan fingerprint density at radius 1 is 1.05 bits per heavy atom. The number of carbonyl (C=O) groups excluding carboxylic acids is 1. The standard InChI is InChI=1S/C17H19NO3/c1-12(2)21-17(19)15-6-4-5-7-16(15)18-13-8-10-14(20-3)11-9-13/h4-12,18H,1-3H3. The first-order chi connectivity index (χ1) is 10.1. The third-order valence-corrected chi connectivity index (χ3v) is 2.86. The van der Waals surface area contributed by atoms with E-state index < -0.39 is 0 Å². The molecule has 0 heterocycles. The van der Waals surface area contributed by atoms with Crippen molar-refractivity contribution in [1.82, 2.24) is 0 Å². The molecule has 21 heavy (non-hydrogen) atoms. The van der Waals surface area contributed by atoms with Crippen LogP contribution in [0, 0.1) is 0 Å². The van der Waals surface area contributed by atoms with Crippen LogP contribution >= 0.6 is 0 Å². The third kappa shape index (κ3) is 3.99. The third-order valence-electron chi connectivity index (χ3n) is 2.86. The lowest BCUT2D eigenvalue weighted by Gasteiger charge is -2.13. The number of para-hydroxylation sites is 1. The number of hydrogen-bond donors (Lipinski definition) is 1. The molecule has 110 valence electrons. The summed E-state index contributed by atoms with van der Waals surface area (Å²) < 4.78 is 10.4. The second kappa shape index (κ2) is 6.79. The number of rotatable bonds is 5. The zero-order valence-corrected chi connectivity index (χ0v) is 12.4. The molecule has 0 radical (unpaired) electrons. The molecular formula is C17H19NO3. The van der Waals surface area contributed by atoms with E-state index in [1.54, 1.807) is 13.2 Å². The van der Waals surface area contributed by atoms with E-state index in [4.69, 9.17) is 9.47 Å². The maximum absolute atomic E-state index is 12.1. The van der Waals surface area contributed by atoms with Gasteiger partial charge >= 0.3 is 5.97 Å². The normalized spacial score (nSPS) is 10.3. The van der Waals surface area contributed by atoms with Gasteiger partial charge in [-0.05, 0) is 50.2 Å². The minimum absolute atomic E-state index is 0.147. The molecule has 4 heteroatoms. The molecule has 0 fully saturated rings. The van der Waals surface area contributed by atoms with Gasteiger partial charge in [0, 0.05) is 5.69 Å². The fourth-order valence-corrected chi connectivity index (χ4v) is 1.88. The Hall–Kier alpha value is -2.49. The zero-order chi connectivity index (χ0) is 15.2. The summed E-state index contributed by atoms with van der Waals surface area (Å²) in [5.41, 5.74) is 2.11. The van der Waals surface area contributed by atoms with Crippen LogP contribution in [0.15, 0.2) is 48.5 Å². The Labute approximate surface area is 124 Å². The zero-order valence-electron chi connectivity index (χ0n) is 12.4. The molecule has 0 aliphatic heterocycles. The van der Waals surface area contributed by atoms with Crippen LogP contribution in [0.1, 0.15) is 24.2 Å². The monoisotopic (exact) mass is 285 g/mol. The van der Waals surface area contributed by atoms with Crippen molar-refractivity contribution in [3.8, 4) is 5.75 Å². The predicted octanol–water partition coefficient (Wildman–Crippen LogP) is 4.00. The first-order valence-corrected chi connectivity index (χ1v) is 6.81. The molecule has 4 nitrogen and oxygen atoms in total. The van der Waals surface area contributed by atoms with Gasteiger partial charge in [0.05, 0.1) is 24.5 Å². The van der Waals surface area contributed by atoms with Crippen molar-refractivity contribution >= 4 is 17.3 Å². The van der Waals surface area contributed by atoms with Crippen LogP contribution in [0.4, 0.5) is 11.4 Å². The molecule has 0 saturated heterocycles. The quantitative estimate of drug-likeness (QED) is 0.843. The number of hydrogen-bond acceptors (Lipinski definition) is 4. The highest BCUT2D eigenvalue weighted by Crippen LogP contribution is 2.23. The van der Waals surface area contributed by atoms with Crippen molar-refractivity contribution in [2.45, 2.75) is 20.0 Å². The van der Waals surface area contributed by atoms with Crippen molar-refractivity contribution < 1.29 is 14.3 Å². The average Bonchev–Trinajstić information content (AvgIpc) is 2.48. The van der Waals surface area contributed by atoms with Gasteiger partial charge in [0.25, 0.3) is 0 Å². The Balaban J connectivity index is 2.21. The molecular weight excluding hydrogens is 266 g/mol. The Morgan fingerprint density at radius 2 is 1.71 bits per heavy atom. The van der Waals surface area contributed by atoms with E-state index in [0.29, 0.717) is 11.3 Å². The van der Waals surface area contributed by atoms with Crippen LogP contribution in [-0.2, 0) is 4.74 Å². The second-order valence-corrected chi connectivity index (χ2v) is 4.85. The summed E-state index contributed by atoms with van der Waals surface area (Å²) >= 11 is 0. The highest BCUT2D eigenvalue weighted by molar-refractivity contribution is 5.96. The number of anilines is 2. The Kier molecular flexibility index (Phi) is 4.82. The minimum atomic E-state index is -0.332. The lowest BCUT2D eigenvalue weighted by atomic mass is 10.1. The molecule has 0 aliphatic rings. The van der Waals surface area contributed by atoms with Gasteiger partial charge in [-0.3, -0.25) is 0 Å². The van der Waals surface area contributed by atoms with Crippen molar-refractivity contribution in [1.29, 1.82) is 0 Å². The van der Waals surface area contributed by atoms with Crippen LogP contribution in [0.25, 0.3) is 0 Å². The van der Waals surface area contributed by atoms with Gasteiger partial charge in [0.2, 0.25) is 0 Å². The topological polar surface area (TPSA) is 47.6 Å². The second-order valence-electron chi connectivity index (χ2n) is 4.85. The molecule has 1 N–H and O–H groups in total. The van der Waals surface area contributed by atoms with E-state index in [1.807, 2.05) is 56.3 Å². The Morgan fingerprint density at radius 3 is 2.33 bits per heavy atom. The van der Waals surface area contributed by atoms with Crippen molar-refractivity contribution in [2.24, 2.45) is 0 Å². The van der Waals surface area contributed by atoms with Crippen LogP contribution in [0.3, 0.4) is 0 Å². The first-order valence-electron chi connectivity index (χ1n) is 6.81. The van der Waals surface area contributed by atoms with E-state index in [0.717, 1.165) is 11.4 Å². The fourth-order valence-electron chi connectivity index (χ4n) is 1.88. The van der Waals surface area contributed by atoms with E-state index in [-0.39, 0.29) is 12.1 Å². The van der Waals surface area contributed by atoms with Crippen LogP contribution < -0.4 is 10.1 Å². The van der Waals surface area contributed by atoms with E-state index in [1.165, 1.54) is 0 Å². The Bertz CT molecular complexity index is 606. The summed E-state index contributed by atoms with van der Waals surface area (Å²) in [6.07, 6.45) is -0.147. The van der Waals surface area contributed by atoms with E-state index in [9.17, 15) is 4.79 Å². The summed E-state index contributed by atoms with van der Waals surface area (Å²) in [5, 5.41) is 3.22. The predicted molar refractivity (Wildman–Crippen MR) is 83.3 cm³/mol. The lowest BCUT2D eigenvalue weighted by molar-refractivity contribution is 0.0379. The van der Waals surface area contributed by atoms with E-state index >= 15 is 0 Å². The number of methoxy groups -OCH3 is 1. The largest absolute Gasteiger partial charge is 0.497 e. The van der Waals surface area contributed by atoms with Crippen LogP contribution in [0.2, 0.25) is 0 Å². The average molecular weight is 285 g/mol. The van der Waals surface area contributed by atoms with Crippen molar-refractivity contribution in [3.05, 3.63) is 54.1 Å². The van der Waals surface area contributed by atoms with Gasteiger partial charge in [-0.1, -0.05) is 12.1 Å². The number of esters is 1. The molecule has 0 bridgehead atoms. The highest BCUT2D eigenvalue weighted by Gasteiger charge is 2.13. The van der Waals surface area contributed by atoms with Gasteiger partial charge in [-0.2, -0.15) is 0 Å². The summed E-state index contributed by atoms with van der Waals surface area (Å²) in [6.45, 7) is 3.66. The molecule has 0 atom stereocenters. The maximum atomic E-state index is 12.1. The number of benzene rings is 2. The molecule has 0 aliphatic carbocycles. The molecule has 0 unspecified atom stereocenters. The molecule has 2 aromatic carbocycles. The summed E-state index contributed by atoms with van der Waals surface area (Å²) in [7, 11) is 1.62. The van der Waals surface area contributed by atoms with Gasteiger partial charge in [0.15, 0.2) is 0 Å². The molecule has 2 aromatic rings. The maximum Gasteiger partial charge on any atom is 0.340 e. The fraction of sp³-hybridized carbons (Fsp3) is 0.235. The van der Waals surface area contributed by atoms with Gasteiger partial charge < -0.3 is 14.8 Å². The SMILES string of the molecule is COc1ccc(Nc2ccccc2C(=O)OC(C)C)cc1. The van der Waals surface area contributed by atoms with Gasteiger partial charge in [-0.25, -0.2) is 4.79 Å². The molecule has 0 saturated carbocycles. The summed E-state index contributed by atoms with van der Waals surface area (Å²) in [6, 6.07) is 14.8. The molecule has 0 spiro atoms. The van der Waals surface area contributed by atoms with E-state index in [2.05, 4.69) is 5.32 Å². The van der Waals surface area contributed by atoms with Crippen LogP contribution in [-0.4, -0.2) is 19.2 Å². The summed E-state index contributed by atoms with van der Waals surface area (Å²) in [5.74, 6) is 0.453. The smallest absolute Gasteiger partial charge is 0.340 e. The number of carbonyl (C=O) groups is 1. The highest BCUT2D eigenvalue weighted by atomic mass is 16.5. The molecule has 0 amide bonds. The minimum Gasteiger partial charge on any atom is -0.497 e. The van der Waals surface area contributed by atoms with Crippen molar-refractivity contribution in [3.63, 3.8) is 0 Å². The van der Waals surface area contributed by atoms with Gasteiger partial charge in [-0.15, -0.1) is 0 Å². The summed E-state index contributed by atoms with van der Waals surface area (Å²) in [4.78, 5) is 12.1. The molecule has 2 rings (SSSR count). The number of ether oxygens (including phenoxy) is 2. The first kappa shape index (κ1) is 14.9.